The Morgan fingerprint density at radius 2 is 1.83 bits per heavy atom. The quantitative estimate of drug-likeness (QED) is 0.695. The van der Waals surface area contributed by atoms with Crippen LogP contribution < -0.4 is 10.2 Å². The number of aromatic nitrogens is 2. The smallest absolute Gasteiger partial charge is 0.192 e. The van der Waals surface area contributed by atoms with E-state index in [0.717, 1.165) is 6.20 Å². The van der Waals surface area contributed by atoms with Crippen molar-refractivity contribution in [3.05, 3.63) is 62.4 Å². The first-order valence-corrected chi connectivity index (χ1v) is 7.39. The van der Waals surface area contributed by atoms with E-state index in [0.29, 0.717) is 32.7 Å². The van der Waals surface area contributed by atoms with Crippen LogP contribution in [0.5, 0.6) is 5.75 Å². The molecule has 0 unspecified atom stereocenters. The van der Waals surface area contributed by atoms with Gasteiger partial charge in [0, 0.05) is 23.9 Å². The summed E-state index contributed by atoms with van der Waals surface area (Å²) in [6.07, 6.45) is 2.41. The molecule has 0 aliphatic heterocycles. The van der Waals surface area contributed by atoms with Crippen LogP contribution in [-0.2, 0) is 0 Å². The highest BCUT2D eigenvalue weighted by molar-refractivity contribution is 6.38. The first-order chi connectivity index (χ1) is 10.9. The first-order valence-electron chi connectivity index (χ1n) is 6.63. The van der Waals surface area contributed by atoms with E-state index in [1.807, 2.05) is 0 Å². The molecule has 0 bridgehead atoms. The third kappa shape index (κ3) is 2.56. The number of aryl methyl sites for hydroxylation is 1. The van der Waals surface area contributed by atoms with Crippen molar-refractivity contribution in [2.45, 2.75) is 6.92 Å². The van der Waals surface area contributed by atoms with Crippen molar-refractivity contribution < 1.29 is 9.13 Å². The Morgan fingerprint density at radius 1 is 1.17 bits per heavy atom. The predicted molar refractivity (Wildman–Crippen MR) is 88.6 cm³/mol. The van der Waals surface area contributed by atoms with Gasteiger partial charge in [0.2, 0.25) is 0 Å². The number of nitrogens with zero attached hydrogens (tertiary/aromatic N) is 2. The van der Waals surface area contributed by atoms with Crippen LogP contribution >= 0.6 is 23.2 Å². The second-order valence-corrected chi connectivity index (χ2v) is 5.75. The number of hydrogen-bond donors (Lipinski definition) is 0. The molecule has 118 valence electrons. The van der Waals surface area contributed by atoms with Crippen LogP contribution in [0.4, 0.5) is 4.39 Å². The van der Waals surface area contributed by atoms with Crippen LogP contribution in [0.1, 0.15) is 5.69 Å². The SMILES string of the molecule is COc1cc(Cl)c(-n2c(C)cc(=O)c3c(F)cncc32)c(Cl)c1. The molecule has 0 aliphatic carbocycles. The standard InChI is InChI=1S/C16H11Cl2FN2O2/c1-8-3-14(22)15-12(19)6-20-7-13(15)21(8)16-10(17)4-9(23-2)5-11(16)18/h3-7H,1-2H3. The lowest BCUT2D eigenvalue weighted by Gasteiger charge is -2.18. The summed E-state index contributed by atoms with van der Waals surface area (Å²) < 4.78 is 20.8. The Bertz CT molecular complexity index is 963. The molecular formula is C16H11Cl2FN2O2. The molecule has 0 N–H and O–H groups in total. The molecular weight excluding hydrogens is 342 g/mol. The highest BCUT2D eigenvalue weighted by atomic mass is 35.5. The maximum absolute atomic E-state index is 14.0. The highest BCUT2D eigenvalue weighted by Crippen LogP contribution is 2.35. The molecule has 3 rings (SSSR count). The van der Waals surface area contributed by atoms with Crippen LogP contribution in [0.2, 0.25) is 10.0 Å². The van der Waals surface area contributed by atoms with E-state index in [2.05, 4.69) is 4.98 Å². The summed E-state index contributed by atoms with van der Waals surface area (Å²) in [7, 11) is 1.50. The number of ether oxygens (including phenoxy) is 1. The van der Waals surface area contributed by atoms with Crippen molar-refractivity contribution in [2.75, 3.05) is 7.11 Å². The van der Waals surface area contributed by atoms with Gasteiger partial charge in [0.05, 0.1) is 46.1 Å². The molecule has 1 aromatic carbocycles. The Kier molecular flexibility index (Phi) is 4.00. The number of benzene rings is 1. The van der Waals surface area contributed by atoms with Crippen molar-refractivity contribution in [1.29, 1.82) is 0 Å². The lowest BCUT2D eigenvalue weighted by atomic mass is 10.2. The van der Waals surface area contributed by atoms with Crippen molar-refractivity contribution in [3.63, 3.8) is 0 Å². The number of methoxy groups -OCH3 is 1. The zero-order chi connectivity index (χ0) is 16.7. The first kappa shape index (κ1) is 15.8. The third-order valence-corrected chi connectivity index (χ3v) is 4.09. The van der Waals surface area contributed by atoms with Gasteiger partial charge in [-0.1, -0.05) is 23.2 Å². The summed E-state index contributed by atoms with van der Waals surface area (Å²) >= 11 is 12.6. The number of pyridine rings is 2. The minimum Gasteiger partial charge on any atom is -0.497 e. The largest absolute Gasteiger partial charge is 0.497 e. The van der Waals surface area contributed by atoms with Crippen molar-refractivity contribution in [3.8, 4) is 11.4 Å². The average Bonchev–Trinajstić information content (AvgIpc) is 2.49. The van der Waals surface area contributed by atoms with E-state index in [9.17, 15) is 9.18 Å². The van der Waals surface area contributed by atoms with E-state index in [1.54, 1.807) is 23.6 Å². The Labute approximate surface area is 141 Å². The van der Waals surface area contributed by atoms with E-state index in [1.165, 1.54) is 19.4 Å². The molecule has 3 aromatic rings. The fraction of sp³-hybridized carbons (Fsp3) is 0.125. The molecule has 2 heterocycles. The van der Waals surface area contributed by atoms with Gasteiger partial charge in [0.25, 0.3) is 0 Å². The van der Waals surface area contributed by atoms with Gasteiger partial charge in [-0.25, -0.2) is 4.39 Å². The summed E-state index contributed by atoms with van der Waals surface area (Å²) in [5, 5.41) is 0.562. The van der Waals surface area contributed by atoms with Gasteiger partial charge in [-0.2, -0.15) is 0 Å². The molecule has 0 aliphatic rings. The van der Waals surface area contributed by atoms with Crippen LogP contribution in [0.3, 0.4) is 0 Å². The van der Waals surface area contributed by atoms with Gasteiger partial charge in [-0.15, -0.1) is 0 Å². The second-order valence-electron chi connectivity index (χ2n) is 4.94. The van der Waals surface area contributed by atoms with E-state index >= 15 is 0 Å². The normalized spacial score (nSPS) is 11.0. The molecule has 2 aromatic heterocycles. The van der Waals surface area contributed by atoms with E-state index < -0.39 is 11.2 Å². The molecule has 0 amide bonds. The monoisotopic (exact) mass is 352 g/mol. The number of fused-ring (bicyclic) bond motifs is 1. The summed E-state index contributed by atoms with van der Waals surface area (Å²) in [4.78, 5) is 15.9. The molecule has 0 atom stereocenters. The summed E-state index contributed by atoms with van der Waals surface area (Å²) in [5.74, 6) is -0.196. The fourth-order valence-corrected chi connectivity index (χ4v) is 3.16. The second kappa shape index (κ2) is 5.83. The molecule has 0 radical (unpaired) electrons. The van der Waals surface area contributed by atoms with E-state index in [4.69, 9.17) is 27.9 Å². The van der Waals surface area contributed by atoms with Crippen LogP contribution in [0, 0.1) is 12.7 Å². The molecule has 7 heteroatoms. The van der Waals surface area contributed by atoms with Crippen molar-refractivity contribution >= 4 is 34.1 Å². The predicted octanol–water partition coefficient (Wildman–Crippen LogP) is 4.15. The Balaban J connectivity index is 2.47. The Morgan fingerprint density at radius 3 is 2.43 bits per heavy atom. The van der Waals surface area contributed by atoms with Crippen molar-refractivity contribution in [2.24, 2.45) is 0 Å². The third-order valence-electron chi connectivity index (χ3n) is 3.51. The fourth-order valence-electron chi connectivity index (χ4n) is 2.53. The molecule has 0 saturated carbocycles. The molecule has 0 fully saturated rings. The highest BCUT2D eigenvalue weighted by Gasteiger charge is 2.17. The van der Waals surface area contributed by atoms with E-state index in [-0.39, 0.29) is 5.39 Å². The number of hydrogen-bond acceptors (Lipinski definition) is 3. The van der Waals surface area contributed by atoms with Gasteiger partial charge in [-0.3, -0.25) is 9.78 Å². The van der Waals surface area contributed by atoms with Gasteiger partial charge in [0.1, 0.15) is 5.75 Å². The van der Waals surface area contributed by atoms with Gasteiger partial charge >= 0.3 is 0 Å². The zero-order valence-corrected chi connectivity index (χ0v) is 13.7. The maximum atomic E-state index is 14.0. The topological polar surface area (TPSA) is 44.1 Å². The number of rotatable bonds is 2. The van der Waals surface area contributed by atoms with Gasteiger partial charge in [-0.05, 0) is 6.92 Å². The summed E-state index contributed by atoms with van der Waals surface area (Å²) in [6, 6.07) is 4.53. The summed E-state index contributed by atoms with van der Waals surface area (Å²) in [5.41, 5.74) is 0.867. The zero-order valence-electron chi connectivity index (χ0n) is 12.2. The van der Waals surface area contributed by atoms with Crippen LogP contribution in [0.25, 0.3) is 16.6 Å². The molecule has 23 heavy (non-hydrogen) atoms. The minimum absolute atomic E-state index is 0.0615. The van der Waals surface area contributed by atoms with Crippen LogP contribution in [-0.4, -0.2) is 16.7 Å². The van der Waals surface area contributed by atoms with Gasteiger partial charge in [0.15, 0.2) is 11.2 Å². The average molecular weight is 353 g/mol. The molecule has 4 nitrogen and oxygen atoms in total. The molecule has 0 spiro atoms. The summed E-state index contributed by atoms with van der Waals surface area (Å²) in [6.45, 7) is 1.71. The maximum Gasteiger partial charge on any atom is 0.192 e. The Hall–Kier alpha value is -2.11. The van der Waals surface area contributed by atoms with Crippen LogP contribution in [0.15, 0.2) is 35.4 Å². The van der Waals surface area contributed by atoms with Gasteiger partial charge < -0.3 is 9.30 Å². The lowest BCUT2D eigenvalue weighted by molar-refractivity contribution is 0.415. The number of halogens is 3. The van der Waals surface area contributed by atoms with Crippen molar-refractivity contribution in [1.82, 2.24) is 9.55 Å². The molecule has 0 saturated heterocycles. The minimum atomic E-state index is -0.693. The lowest BCUT2D eigenvalue weighted by Crippen LogP contribution is -2.13.